The van der Waals surface area contributed by atoms with E-state index in [0.717, 1.165) is 6.42 Å². The van der Waals surface area contributed by atoms with Gasteiger partial charge in [-0.1, -0.05) is 19.1 Å². The lowest BCUT2D eigenvalue weighted by Gasteiger charge is -2.09. The Morgan fingerprint density at radius 3 is 2.38 bits per heavy atom. The Hall–Kier alpha value is -3.15. The number of benzene rings is 2. The third-order valence-corrected chi connectivity index (χ3v) is 3.45. The number of nitrogens with one attached hydrogen (secondary N) is 1. The second-order valence-electron chi connectivity index (χ2n) is 5.63. The van der Waals surface area contributed by atoms with Crippen LogP contribution >= 0.6 is 0 Å². The molecule has 136 valence electrons. The maximum Gasteiger partial charge on any atom is 0.338 e. The highest BCUT2D eigenvalue weighted by Gasteiger charge is 2.08. The summed E-state index contributed by atoms with van der Waals surface area (Å²) in [6.07, 6.45) is 0.759. The smallest absolute Gasteiger partial charge is 0.338 e. The van der Waals surface area contributed by atoms with E-state index in [2.05, 4.69) is 5.32 Å². The zero-order chi connectivity index (χ0) is 18.9. The summed E-state index contributed by atoms with van der Waals surface area (Å²) >= 11 is 0. The molecule has 0 saturated carbocycles. The van der Waals surface area contributed by atoms with Gasteiger partial charge in [0.15, 0.2) is 12.4 Å². The molecule has 0 atom stereocenters. The Bertz CT molecular complexity index is 783. The highest BCUT2D eigenvalue weighted by atomic mass is 16.5. The Labute approximate surface area is 152 Å². The van der Waals surface area contributed by atoms with Crippen LogP contribution in [0.25, 0.3) is 0 Å². The number of hydrogen-bond acceptors (Lipinski definition) is 5. The summed E-state index contributed by atoms with van der Waals surface area (Å²) in [5.74, 6) is -0.364. The molecule has 6 nitrogen and oxygen atoms in total. The number of Topliss-reactive ketones (excluding diaryl/α,β-unsaturated/α-hetero) is 1. The fourth-order valence-corrected chi connectivity index (χ4v) is 2.12. The number of carbonyl (C=O) groups excluding carboxylic acids is 3. The van der Waals surface area contributed by atoms with E-state index in [1.54, 1.807) is 48.5 Å². The lowest BCUT2D eigenvalue weighted by atomic mass is 10.1. The summed E-state index contributed by atoms with van der Waals surface area (Å²) in [5, 5.41) is 2.68. The first kappa shape index (κ1) is 19.2. The standard InChI is InChI=1S/C20H21NO5/c1-3-11-25-20(24)15-7-9-17(10-8-15)21-19(23)13-26-18-6-4-5-16(12-18)14(2)22/h4-10,12H,3,11,13H2,1-2H3,(H,21,23). The number of ether oxygens (including phenoxy) is 2. The van der Waals surface area contributed by atoms with E-state index in [1.807, 2.05) is 6.92 Å². The molecule has 1 amide bonds. The Balaban J connectivity index is 1.87. The van der Waals surface area contributed by atoms with Crippen molar-refractivity contribution in [2.45, 2.75) is 20.3 Å². The molecule has 0 unspecified atom stereocenters. The summed E-state index contributed by atoms with van der Waals surface area (Å²) in [5.41, 5.74) is 1.49. The van der Waals surface area contributed by atoms with Crippen LogP contribution < -0.4 is 10.1 Å². The van der Waals surface area contributed by atoms with Crippen molar-refractivity contribution in [2.24, 2.45) is 0 Å². The van der Waals surface area contributed by atoms with Gasteiger partial charge < -0.3 is 14.8 Å². The second kappa shape index (κ2) is 9.36. The highest BCUT2D eigenvalue weighted by molar-refractivity contribution is 5.95. The van der Waals surface area contributed by atoms with Crippen molar-refractivity contribution < 1.29 is 23.9 Å². The van der Waals surface area contributed by atoms with Gasteiger partial charge in [-0.25, -0.2) is 4.79 Å². The van der Waals surface area contributed by atoms with Gasteiger partial charge in [0, 0.05) is 11.3 Å². The Kier molecular flexibility index (Phi) is 6.91. The number of amides is 1. The van der Waals surface area contributed by atoms with Crippen molar-refractivity contribution in [2.75, 3.05) is 18.5 Å². The third-order valence-electron chi connectivity index (χ3n) is 3.45. The van der Waals surface area contributed by atoms with E-state index in [-0.39, 0.29) is 18.3 Å². The van der Waals surface area contributed by atoms with Crippen LogP contribution in [0, 0.1) is 0 Å². The molecule has 2 rings (SSSR count). The fourth-order valence-electron chi connectivity index (χ4n) is 2.12. The predicted octanol–water partition coefficient (Wildman–Crippen LogP) is 3.47. The second-order valence-corrected chi connectivity index (χ2v) is 5.63. The van der Waals surface area contributed by atoms with Gasteiger partial charge in [0.25, 0.3) is 5.91 Å². The minimum atomic E-state index is -0.390. The monoisotopic (exact) mass is 355 g/mol. The van der Waals surface area contributed by atoms with E-state index in [0.29, 0.717) is 29.2 Å². The van der Waals surface area contributed by atoms with Crippen LogP contribution in [0.4, 0.5) is 5.69 Å². The van der Waals surface area contributed by atoms with Crippen LogP contribution in [0.1, 0.15) is 41.0 Å². The number of hydrogen-bond donors (Lipinski definition) is 1. The molecular formula is C20H21NO5. The quantitative estimate of drug-likeness (QED) is 0.579. The SMILES string of the molecule is CCCOC(=O)c1ccc(NC(=O)COc2cccc(C(C)=O)c2)cc1. The molecule has 0 saturated heterocycles. The Morgan fingerprint density at radius 1 is 1.00 bits per heavy atom. The van der Waals surface area contributed by atoms with Crippen LogP contribution in [0.5, 0.6) is 5.75 Å². The van der Waals surface area contributed by atoms with Crippen LogP contribution in [-0.2, 0) is 9.53 Å². The van der Waals surface area contributed by atoms with Crippen LogP contribution in [0.2, 0.25) is 0 Å². The zero-order valence-corrected chi connectivity index (χ0v) is 14.8. The number of esters is 1. The van der Waals surface area contributed by atoms with Crippen LogP contribution in [0.3, 0.4) is 0 Å². The average molecular weight is 355 g/mol. The van der Waals surface area contributed by atoms with E-state index < -0.39 is 5.97 Å². The summed E-state index contributed by atoms with van der Waals surface area (Å²) < 4.78 is 10.4. The van der Waals surface area contributed by atoms with Gasteiger partial charge in [-0.05, 0) is 49.7 Å². The molecule has 0 fully saturated rings. The summed E-state index contributed by atoms with van der Waals surface area (Å²) in [4.78, 5) is 35.0. The maximum absolute atomic E-state index is 12.0. The molecule has 0 spiro atoms. The van der Waals surface area contributed by atoms with Crippen LogP contribution in [-0.4, -0.2) is 30.9 Å². The minimum Gasteiger partial charge on any atom is -0.484 e. The number of carbonyl (C=O) groups is 3. The number of anilines is 1. The highest BCUT2D eigenvalue weighted by Crippen LogP contribution is 2.14. The van der Waals surface area contributed by atoms with Gasteiger partial charge in [-0.15, -0.1) is 0 Å². The van der Waals surface area contributed by atoms with Crippen molar-refractivity contribution in [1.82, 2.24) is 0 Å². The van der Waals surface area contributed by atoms with Gasteiger partial charge in [0.2, 0.25) is 0 Å². The molecule has 6 heteroatoms. The van der Waals surface area contributed by atoms with Crippen molar-refractivity contribution in [1.29, 1.82) is 0 Å². The first-order chi connectivity index (χ1) is 12.5. The van der Waals surface area contributed by atoms with E-state index in [9.17, 15) is 14.4 Å². The number of rotatable bonds is 8. The summed E-state index contributed by atoms with van der Waals surface area (Å²) in [6.45, 7) is 3.57. The summed E-state index contributed by atoms with van der Waals surface area (Å²) in [7, 11) is 0. The molecule has 2 aromatic carbocycles. The molecule has 0 bridgehead atoms. The normalized spacial score (nSPS) is 10.1. The van der Waals surface area contributed by atoms with Crippen molar-refractivity contribution >= 4 is 23.3 Å². The van der Waals surface area contributed by atoms with Crippen molar-refractivity contribution in [3.63, 3.8) is 0 Å². The molecule has 0 aliphatic rings. The lowest BCUT2D eigenvalue weighted by Crippen LogP contribution is -2.20. The summed E-state index contributed by atoms with van der Waals surface area (Å²) in [6, 6.07) is 13.1. The molecule has 26 heavy (non-hydrogen) atoms. The Morgan fingerprint density at radius 2 is 1.73 bits per heavy atom. The maximum atomic E-state index is 12.0. The van der Waals surface area contributed by atoms with Gasteiger partial charge in [-0.2, -0.15) is 0 Å². The third kappa shape index (κ3) is 5.73. The van der Waals surface area contributed by atoms with Crippen molar-refractivity contribution in [3.05, 3.63) is 59.7 Å². The topological polar surface area (TPSA) is 81.7 Å². The van der Waals surface area contributed by atoms with Gasteiger partial charge in [-0.3, -0.25) is 9.59 Å². The van der Waals surface area contributed by atoms with Gasteiger partial charge >= 0.3 is 5.97 Å². The van der Waals surface area contributed by atoms with Crippen molar-refractivity contribution in [3.8, 4) is 5.75 Å². The van der Waals surface area contributed by atoms with E-state index >= 15 is 0 Å². The minimum absolute atomic E-state index is 0.0718. The molecule has 1 N–H and O–H groups in total. The fraction of sp³-hybridized carbons (Fsp3) is 0.250. The molecular weight excluding hydrogens is 334 g/mol. The van der Waals surface area contributed by atoms with Gasteiger partial charge in [0.1, 0.15) is 5.75 Å². The molecule has 0 aliphatic carbocycles. The molecule has 2 aromatic rings. The molecule has 0 radical (unpaired) electrons. The van der Waals surface area contributed by atoms with E-state index in [4.69, 9.17) is 9.47 Å². The first-order valence-electron chi connectivity index (χ1n) is 8.30. The first-order valence-corrected chi connectivity index (χ1v) is 8.30. The zero-order valence-electron chi connectivity index (χ0n) is 14.8. The van der Waals surface area contributed by atoms with Gasteiger partial charge in [0.05, 0.1) is 12.2 Å². The van der Waals surface area contributed by atoms with Crippen LogP contribution in [0.15, 0.2) is 48.5 Å². The predicted molar refractivity (Wildman–Crippen MR) is 97.6 cm³/mol. The average Bonchev–Trinajstić information content (AvgIpc) is 2.65. The number of ketones is 1. The largest absolute Gasteiger partial charge is 0.484 e. The van der Waals surface area contributed by atoms with E-state index in [1.165, 1.54) is 6.92 Å². The molecule has 0 heterocycles. The molecule has 0 aliphatic heterocycles. The molecule has 0 aromatic heterocycles. The lowest BCUT2D eigenvalue weighted by molar-refractivity contribution is -0.118.